The average molecular weight is 253 g/mol. The lowest BCUT2D eigenvalue weighted by atomic mass is 10.0. The van der Waals surface area contributed by atoms with Crippen LogP contribution < -0.4 is 5.32 Å². The summed E-state index contributed by atoms with van der Waals surface area (Å²) in [5.41, 5.74) is 0.596. The molecular weight excluding hydrogens is 234 g/mol. The zero-order valence-corrected chi connectivity index (χ0v) is 10.8. The Hall–Kier alpha value is -0.870. The van der Waals surface area contributed by atoms with Gasteiger partial charge in [-0.25, -0.2) is 0 Å². The van der Waals surface area contributed by atoms with Crippen LogP contribution in [0.2, 0.25) is 0 Å². The zero-order chi connectivity index (χ0) is 12.3. The van der Waals surface area contributed by atoms with E-state index in [9.17, 15) is 10.2 Å². The number of benzene rings is 1. The van der Waals surface area contributed by atoms with Crippen LogP contribution in [-0.4, -0.2) is 28.3 Å². The highest BCUT2D eigenvalue weighted by atomic mass is 32.2. The molecule has 1 aromatic carbocycles. The van der Waals surface area contributed by atoms with E-state index in [2.05, 4.69) is 5.32 Å². The molecule has 4 heteroatoms. The molecule has 0 bridgehead atoms. The van der Waals surface area contributed by atoms with Crippen LogP contribution in [0, 0.1) is 5.92 Å². The Bertz CT molecular complexity index is 357. The van der Waals surface area contributed by atoms with Crippen molar-refractivity contribution in [3.63, 3.8) is 0 Å². The number of hydrogen-bond acceptors (Lipinski definition) is 4. The van der Waals surface area contributed by atoms with Crippen LogP contribution in [0.4, 0.5) is 0 Å². The fourth-order valence-electron chi connectivity index (χ4n) is 2.17. The molecule has 1 saturated heterocycles. The Labute approximate surface area is 106 Å². The molecule has 1 heterocycles. The quantitative estimate of drug-likeness (QED) is 0.771. The zero-order valence-electron chi connectivity index (χ0n) is 10.0. The minimum absolute atomic E-state index is 0.0261. The highest BCUT2D eigenvalue weighted by Gasteiger charge is 2.19. The number of nitrogens with one attached hydrogen (secondary N) is 1. The van der Waals surface area contributed by atoms with Gasteiger partial charge in [-0.2, -0.15) is 11.8 Å². The normalized spacial score (nSPS) is 21.6. The van der Waals surface area contributed by atoms with Crippen molar-refractivity contribution in [2.45, 2.75) is 19.4 Å². The molecule has 94 valence electrons. The largest absolute Gasteiger partial charge is 0.507 e. The summed E-state index contributed by atoms with van der Waals surface area (Å²) in [5.74, 6) is 3.50. The van der Waals surface area contributed by atoms with Gasteiger partial charge < -0.3 is 15.5 Å². The molecular formula is C13H19NO2S. The Morgan fingerprint density at radius 3 is 2.71 bits per heavy atom. The Morgan fingerprint density at radius 1 is 1.41 bits per heavy atom. The van der Waals surface area contributed by atoms with E-state index < -0.39 is 0 Å². The predicted octanol–water partition coefficient (Wildman–Crippen LogP) is 2.50. The van der Waals surface area contributed by atoms with Crippen molar-refractivity contribution in [3.05, 3.63) is 23.8 Å². The van der Waals surface area contributed by atoms with Crippen LogP contribution in [0.5, 0.6) is 11.5 Å². The van der Waals surface area contributed by atoms with Crippen molar-refractivity contribution in [2.75, 3.05) is 18.1 Å². The van der Waals surface area contributed by atoms with Gasteiger partial charge in [-0.15, -0.1) is 0 Å². The van der Waals surface area contributed by atoms with Gasteiger partial charge in [0.1, 0.15) is 11.5 Å². The second-order valence-electron chi connectivity index (χ2n) is 4.57. The van der Waals surface area contributed by atoms with Gasteiger partial charge in [-0.05, 0) is 49.4 Å². The van der Waals surface area contributed by atoms with E-state index in [1.165, 1.54) is 17.9 Å². The van der Waals surface area contributed by atoms with Gasteiger partial charge >= 0.3 is 0 Å². The maximum Gasteiger partial charge on any atom is 0.124 e. The first-order valence-electron chi connectivity index (χ1n) is 6.00. The van der Waals surface area contributed by atoms with Gasteiger partial charge in [0.15, 0.2) is 0 Å². The maximum absolute atomic E-state index is 9.75. The molecule has 0 amide bonds. The number of phenols is 2. The van der Waals surface area contributed by atoms with E-state index in [1.54, 1.807) is 18.2 Å². The molecule has 1 aliphatic heterocycles. The number of aromatic hydroxyl groups is 2. The van der Waals surface area contributed by atoms with Gasteiger partial charge in [0, 0.05) is 6.04 Å². The minimum atomic E-state index is -0.0261. The molecule has 0 spiro atoms. The molecule has 0 saturated carbocycles. The molecule has 2 atom stereocenters. The summed E-state index contributed by atoms with van der Waals surface area (Å²) >= 11 is 2.00. The van der Waals surface area contributed by atoms with Crippen molar-refractivity contribution in [2.24, 2.45) is 5.92 Å². The Kier molecular flexibility index (Phi) is 4.18. The molecule has 2 rings (SSSR count). The monoisotopic (exact) mass is 253 g/mol. The predicted molar refractivity (Wildman–Crippen MR) is 71.6 cm³/mol. The molecule has 0 radical (unpaired) electrons. The van der Waals surface area contributed by atoms with Crippen molar-refractivity contribution in [1.82, 2.24) is 5.32 Å². The second-order valence-corrected chi connectivity index (χ2v) is 5.72. The standard InChI is InChI=1S/C13H19NO2S/c1-9(14-7-10-5-6-17-8-10)13-11(15)3-2-4-12(13)16/h2-4,9-10,14-16H,5-8H2,1H3. The van der Waals surface area contributed by atoms with E-state index in [-0.39, 0.29) is 17.5 Å². The SMILES string of the molecule is CC(NCC1CCSC1)c1c(O)cccc1O. The lowest BCUT2D eigenvalue weighted by Gasteiger charge is -2.19. The summed E-state index contributed by atoms with van der Waals surface area (Å²) in [5, 5.41) is 22.9. The third kappa shape index (κ3) is 3.07. The van der Waals surface area contributed by atoms with Gasteiger partial charge in [0.25, 0.3) is 0 Å². The topological polar surface area (TPSA) is 52.5 Å². The number of hydrogen-bond donors (Lipinski definition) is 3. The third-order valence-corrected chi connectivity index (χ3v) is 4.46. The lowest BCUT2D eigenvalue weighted by Crippen LogP contribution is -2.25. The highest BCUT2D eigenvalue weighted by molar-refractivity contribution is 7.99. The van der Waals surface area contributed by atoms with E-state index in [0.717, 1.165) is 12.5 Å². The Balaban J connectivity index is 1.96. The number of rotatable bonds is 4. The van der Waals surface area contributed by atoms with E-state index in [1.807, 2.05) is 18.7 Å². The van der Waals surface area contributed by atoms with E-state index in [4.69, 9.17) is 0 Å². The van der Waals surface area contributed by atoms with Gasteiger partial charge in [-0.1, -0.05) is 6.07 Å². The van der Waals surface area contributed by atoms with Crippen LogP contribution in [0.15, 0.2) is 18.2 Å². The number of thioether (sulfide) groups is 1. The first kappa shape index (κ1) is 12.6. The molecule has 3 N–H and O–H groups in total. The molecule has 3 nitrogen and oxygen atoms in total. The molecule has 17 heavy (non-hydrogen) atoms. The molecule has 1 fully saturated rings. The maximum atomic E-state index is 9.75. The van der Waals surface area contributed by atoms with Gasteiger partial charge in [0.2, 0.25) is 0 Å². The summed E-state index contributed by atoms with van der Waals surface area (Å²) in [4.78, 5) is 0. The highest BCUT2D eigenvalue weighted by Crippen LogP contribution is 2.32. The van der Waals surface area contributed by atoms with Crippen LogP contribution in [0.3, 0.4) is 0 Å². The summed E-state index contributed by atoms with van der Waals surface area (Å²) in [6.07, 6.45) is 1.26. The fourth-order valence-corrected chi connectivity index (χ4v) is 3.46. The van der Waals surface area contributed by atoms with Crippen LogP contribution in [0.25, 0.3) is 0 Å². The third-order valence-electron chi connectivity index (χ3n) is 3.23. The molecule has 0 aromatic heterocycles. The van der Waals surface area contributed by atoms with E-state index >= 15 is 0 Å². The van der Waals surface area contributed by atoms with Gasteiger partial charge in [0.05, 0.1) is 5.56 Å². The van der Waals surface area contributed by atoms with Crippen molar-refractivity contribution in [1.29, 1.82) is 0 Å². The molecule has 1 aliphatic rings. The van der Waals surface area contributed by atoms with E-state index in [0.29, 0.717) is 5.56 Å². The first-order chi connectivity index (χ1) is 8.18. The van der Waals surface area contributed by atoms with Crippen molar-refractivity contribution in [3.8, 4) is 11.5 Å². The fraction of sp³-hybridized carbons (Fsp3) is 0.538. The smallest absolute Gasteiger partial charge is 0.124 e. The van der Waals surface area contributed by atoms with Crippen molar-refractivity contribution >= 4 is 11.8 Å². The molecule has 0 aliphatic carbocycles. The summed E-state index contributed by atoms with van der Waals surface area (Å²) in [6, 6.07) is 4.84. The minimum Gasteiger partial charge on any atom is -0.507 e. The molecule has 1 aromatic rings. The summed E-state index contributed by atoms with van der Waals surface area (Å²) < 4.78 is 0. The summed E-state index contributed by atoms with van der Waals surface area (Å²) in [6.45, 7) is 2.92. The summed E-state index contributed by atoms with van der Waals surface area (Å²) in [7, 11) is 0. The van der Waals surface area contributed by atoms with Crippen LogP contribution >= 0.6 is 11.8 Å². The van der Waals surface area contributed by atoms with Crippen LogP contribution in [0.1, 0.15) is 24.9 Å². The average Bonchev–Trinajstić information content (AvgIpc) is 2.79. The molecule has 2 unspecified atom stereocenters. The second kappa shape index (κ2) is 5.65. The Morgan fingerprint density at radius 2 is 2.12 bits per heavy atom. The number of phenolic OH excluding ortho intramolecular Hbond substituents is 2. The lowest BCUT2D eigenvalue weighted by molar-refractivity contribution is 0.408. The van der Waals surface area contributed by atoms with Crippen LogP contribution in [-0.2, 0) is 0 Å². The van der Waals surface area contributed by atoms with Crippen molar-refractivity contribution < 1.29 is 10.2 Å². The van der Waals surface area contributed by atoms with Gasteiger partial charge in [-0.3, -0.25) is 0 Å². The first-order valence-corrected chi connectivity index (χ1v) is 7.16.